The maximum absolute atomic E-state index is 10.8. The maximum Gasteiger partial charge on any atom is 0.405 e. The normalized spacial score (nSPS) is 17.3. The molecule has 5 heteroatoms. The summed E-state index contributed by atoms with van der Waals surface area (Å²) in [4.78, 5) is 15.3. The summed E-state index contributed by atoms with van der Waals surface area (Å²) >= 11 is 0. The van der Waals surface area contributed by atoms with Crippen molar-refractivity contribution in [3.05, 3.63) is 35.4 Å². The van der Waals surface area contributed by atoms with E-state index < -0.39 is 11.6 Å². The summed E-state index contributed by atoms with van der Waals surface area (Å²) in [5.41, 5.74) is 0.979. The summed E-state index contributed by atoms with van der Waals surface area (Å²) in [6.45, 7) is 8.27. The lowest BCUT2D eigenvalue weighted by Crippen LogP contribution is -2.40. The molecule has 0 saturated carbocycles. The van der Waals surface area contributed by atoms with E-state index in [1.807, 2.05) is 52.0 Å². The number of hydrogen-bond donors (Lipinski definition) is 2. The zero-order valence-corrected chi connectivity index (χ0v) is 12.2. The van der Waals surface area contributed by atoms with Gasteiger partial charge in [0.05, 0.1) is 11.1 Å². The van der Waals surface area contributed by atoms with Gasteiger partial charge in [0, 0.05) is 5.56 Å². The maximum atomic E-state index is 10.8. The van der Waals surface area contributed by atoms with Crippen molar-refractivity contribution in [3.8, 4) is 0 Å². The van der Waals surface area contributed by atoms with Crippen LogP contribution >= 0.6 is 0 Å². The summed E-state index contributed by atoms with van der Waals surface area (Å²) in [7, 11) is 0. The zero-order chi connectivity index (χ0) is 15.0. The molecule has 1 heterocycles. The monoisotopic (exact) mass is 276 g/mol. The van der Waals surface area contributed by atoms with E-state index in [-0.39, 0.29) is 5.54 Å². The van der Waals surface area contributed by atoms with Gasteiger partial charge in [0.25, 0.3) is 0 Å². The van der Waals surface area contributed by atoms with E-state index in [0.29, 0.717) is 12.5 Å². The van der Waals surface area contributed by atoms with E-state index in [1.54, 1.807) is 0 Å². The fourth-order valence-corrected chi connectivity index (χ4v) is 2.10. The average molecular weight is 276 g/mol. The van der Waals surface area contributed by atoms with Gasteiger partial charge < -0.3 is 15.2 Å². The summed E-state index contributed by atoms with van der Waals surface area (Å²) in [5.74, 6) is 0.644. The van der Waals surface area contributed by atoms with Crippen LogP contribution in [0.4, 0.5) is 4.79 Å². The van der Waals surface area contributed by atoms with Gasteiger partial charge in [0.15, 0.2) is 0 Å². The molecule has 0 bridgehead atoms. The van der Waals surface area contributed by atoms with Crippen molar-refractivity contribution in [2.75, 3.05) is 6.61 Å². The van der Waals surface area contributed by atoms with Crippen LogP contribution < -0.4 is 5.32 Å². The number of carbonyl (C=O) groups is 1. The van der Waals surface area contributed by atoms with Gasteiger partial charge in [0.1, 0.15) is 6.61 Å². The highest BCUT2D eigenvalue weighted by atomic mass is 16.5. The molecule has 20 heavy (non-hydrogen) atoms. The summed E-state index contributed by atoms with van der Waals surface area (Å²) < 4.78 is 5.58. The zero-order valence-electron chi connectivity index (χ0n) is 12.2. The van der Waals surface area contributed by atoms with Crippen molar-refractivity contribution in [3.63, 3.8) is 0 Å². The van der Waals surface area contributed by atoms with Gasteiger partial charge in [-0.1, -0.05) is 12.1 Å². The first kappa shape index (κ1) is 14.4. The van der Waals surface area contributed by atoms with E-state index in [1.165, 1.54) is 0 Å². The Bertz CT molecular complexity index is 545. The molecule has 1 aliphatic rings. The van der Waals surface area contributed by atoms with E-state index in [0.717, 1.165) is 11.1 Å². The highest BCUT2D eigenvalue weighted by Crippen LogP contribution is 2.24. The number of hydrogen-bond acceptors (Lipinski definition) is 3. The van der Waals surface area contributed by atoms with Crippen molar-refractivity contribution in [2.24, 2.45) is 4.99 Å². The molecule has 108 valence electrons. The number of amides is 1. The van der Waals surface area contributed by atoms with Crippen LogP contribution in [0.5, 0.6) is 0 Å². The van der Waals surface area contributed by atoms with Crippen LogP contribution in [0.3, 0.4) is 0 Å². The number of benzene rings is 1. The Morgan fingerprint density at radius 3 is 2.40 bits per heavy atom. The van der Waals surface area contributed by atoms with Crippen LogP contribution in [0.2, 0.25) is 0 Å². The van der Waals surface area contributed by atoms with Crippen molar-refractivity contribution < 1.29 is 14.6 Å². The van der Waals surface area contributed by atoms with Gasteiger partial charge in [-0.2, -0.15) is 0 Å². The Labute approximate surface area is 118 Å². The summed E-state index contributed by atoms with van der Waals surface area (Å²) in [6.07, 6.45) is -1.04. The van der Waals surface area contributed by atoms with Crippen molar-refractivity contribution in [2.45, 2.75) is 38.8 Å². The molecule has 0 atom stereocenters. The van der Waals surface area contributed by atoms with Gasteiger partial charge in [-0.3, -0.25) is 0 Å². The lowest BCUT2D eigenvalue weighted by Gasteiger charge is -2.25. The third-order valence-corrected chi connectivity index (χ3v) is 3.24. The Kier molecular flexibility index (Phi) is 3.46. The van der Waals surface area contributed by atoms with E-state index in [9.17, 15) is 4.79 Å². The number of nitrogens with zero attached hydrogens (tertiary/aromatic N) is 1. The second-order valence-electron chi connectivity index (χ2n) is 6.15. The van der Waals surface area contributed by atoms with Gasteiger partial charge in [0.2, 0.25) is 5.90 Å². The Morgan fingerprint density at radius 1 is 1.35 bits per heavy atom. The lowest BCUT2D eigenvalue weighted by atomic mass is 9.93. The topological polar surface area (TPSA) is 70.9 Å². The minimum absolute atomic E-state index is 0.182. The fraction of sp³-hybridized carbons (Fsp3) is 0.467. The molecule has 0 saturated heterocycles. The third-order valence-electron chi connectivity index (χ3n) is 3.24. The highest BCUT2D eigenvalue weighted by Gasteiger charge is 2.27. The number of ether oxygens (including phenoxy) is 1. The third kappa shape index (κ3) is 3.10. The molecule has 5 nitrogen and oxygen atoms in total. The first-order valence-corrected chi connectivity index (χ1v) is 6.54. The molecule has 1 amide bonds. The van der Waals surface area contributed by atoms with E-state index >= 15 is 0 Å². The van der Waals surface area contributed by atoms with E-state index in [4.69, 9.17) is 9.84 Å². The van der Waals surface area contributed by atoms with E-state index in [2.05, 4.69) is 10.3 Å². The molecule has 0 aromatic heterocycles. The number of carboxylic acid groups (broad SMARTS) is 1. The Hall–Kier alpha value is -2.04. The van der Waals surface area contributed by atoms with Crippen LogP contribution in [0, 0.1) is 0 Å². The molecule has 0 aliphatic carbocycles. The quantitative estimate of drug-likeness (QED) is 0.891. The SMILES string of the molecule is CC1(C)COC(c2ccc(C(C)(C)NC(=O)O)cc2)=N1. The fourth-order valence-electron chi connectivity index (χ4n) is 2.10. The first-order valence-electron chi connectivity index (χ1n) is 6.54. The Morgan fingerprint density at radius 2 is 1.95 bits per heavy atom. The summed E-state index contributed by atoms with van der Waals surface area (Å²) in [6, 6.07) is 7.59. The molecule has 0 radical (unpaired) electrons. The van der Waals surface area contributed by atoms with Crippen molar-refractivity contribution in [1.29, 1.82) is 0 Å². The predicted molar refractivity (Wildman–Crippen MR) is 77.2 cm³/mol. The van der Waals surface area contributed by atoms with Crippen LogP contribution in [-0.4, -0.2) is 29.2 Å². The van der Waals surface area contributed by atoms with Crippen LogP contribution in [-0.2, 0) is 10.3 Å². The smallest absolute Gasteiger partial charge is 0.405 e. The largest absolute Gasteiger partial charge is 0.475 e. The molecule has 1 aliphatic heterocycles. The average Bonchev–Trinajstić information content (AvgIpc) is 2.68. The van der Waals surface area contributed by atoms with Crippen LogP contribution in [0.25, 0.3) is 0 Å². The minimum atomic E-state index is -1.04. The van der Waals surface area contributed by atoms with Crippen LogP contribution in [0.1, 0.15) is 38.8 Å². The number of aliphatic imine (C=N–C) groups is 1. The van der Waals surface area contributed by atoms with Gasteiger partial charge in [-0.25, -0.2) is 9.79 Å². The van der Waals surface area contributed by atoms with Gasteiger partial charge in [-0.05, 0) is 45.4 Å². The van der Waals surface area contributed by atoms with Crippen molar-refractivity contribution in [1.82, 2.24) is 5.32 Å². The lowest BCUT2D eigenvalue weighted by molar-refractivity contribution is 0.182. The molecule has 1 aromatic rings. The molecular formula is C15H20N2O3. The second kappa shape index (κ2) is 4.81. The molecule has 1 aromatic carbocycles. The number of nitrogens with one attached hydrogen (secondary N) is 1. The standard InChI is InChI=1S/C15H20N2O3/c1-14(2)9-20-12(16-14)10-5-7-11(8-6-10)15(3,4)17-13(18)19/h5-8,17H,9H2,1-4H3,(H,18,19). The van der Waals surface area contributed by atoms with Crippen LogP contribution in [0.15, 0.2) is 29.3 Å². The summed E-state index contributed by atoms with van der Waals surface area (Å²) in [5, 5.41) is 11.3. The van der Waals surface area contributed by atoms with Gasteiger partial charge >= 0.3 is 6.09 Å². The molecule has 0 unspecified atom stereocenters. The molecule has 2 N–H and O–H groups in total. The van der Waals surface area contributed by atoms with Crippen molar-refractivity contribution >= 4 is 12.0 Å². The molecule has 0 spiro atoms. The number of rotatable bonds is 3. The second-order valence-corrected chi connectivity index (χ2v) is 6.15. The highest BCUT2D eigenvalue weighted by molar-refractivity contribution is 5.95. The Balaban J connectivity index is 2.21. The van der Waals surface area contributed by atoms with Gasteiger partial charge in [-0.15, -0.1) is 0 Å². The minimum Gasteiger partial charge on any atom is -0.475 e. The predicted octanol–water partition coefficient (Wildman–Crippen LogP) is 2.74. The molecule has 2 rings (SSSR count). The first-order chi connectivity index (χ1) is 9.20. The molecule has 0 fully saturated rings. The molecular weight excluding hydrogens is 256 g/mol.